The van der Waals surface area contributed by atoms with E-state index in [1.807, 2.05) is 25.1 Å². The normalized spacial score (nSPS) is 10.3. The van der Waals surface area contributed by atoms with Gasteiger partial charge in [-0.05, 0) is 31.2 Å². The van der Waals surface area contributed by atoms with Crippen molar-refractivity contribution in [1.82, 2.24) is 0 Å². The van der Waals surface area contributed by atoms with Crippen molar-refractivity contribution in [1.29, 1.82) is 0 Å². The fourth-order valence-corrected chi connectivity index (χ4v) is 2.87. The summed E-state index contributed by atoms with van der Waals surface area (Å²) in [5.74, 6) is -1.96. The third kappa shape index (κ3) is 4.15. The molecule has 5 heteroatoms. The second-order valence-electron chi connectivity index (χ2n) is 6.37. The Morgan fingerprint density at radius 2 is 1.36 bits per heavy atom. The van der Waals surface area contributed by atoms with Crippen LogP contribution in [-0.2, 0) is 0 Å². The Morgan fingerprint density at radius 1 is 0.786 bits per heavy atom. The number of hydrogen-bond acceptors (Lipinski definition) is 3. The highest BCUT2D eigenvalue weighted by atomic mass is 16.4. The molecule has 1 amide bonds. The lowest BCUT2D eigenvalue weighted by molar-refractivity contribution is 0.0692. The molecule has 0 bridgehead atoms. The molecule has 3 aromatic rings. The van der Waals surface area contributed by atoms with Gasteiger partial charge in [-0.3, -0.25) is 9.59 Å². The molecule has 140 valence electrons. The predicted molar refractivity (Wildman–Crippen MR) is 107 cm³/mol. The summed E-state index contributed by atoms with van der Waals surface area (Å²) >= 11 is 0. The average molecular weight is 373 g/mol. The van der Waals surface area contributed by atoms with Crippen LogP contribution in [0, 0.1) is 6.92 Å². The van der Waals surface area contributed by atoms with E-state index in [0.717, 1.165) is 5.56 Å². The van der Waals surface area contributed by atoms with E-state index in [-0.39, 0.29) is 23.5 Å². The van der Waals surface area contributed by atoms with E-state index in [1.165, 1.54) is 17.0 Å². The van der Waals surface area contributed by atoms with Crippen LogP contribution >= 0.6 is 0 Å². The number of carbonyl (C=O) groups excluding carboxylic acids is 2. The van der Waals surface area contributed by atoms with Gasteiger partial charge in [0.25, 0.3) is 5.91 Å². The Hall–Kier alpha value is -3.73. The summed E-state index contributed by atoms with van der Waals surface area (Å²) in [6.45, 7) is 1.73. The van der Waals surface area contributed by atoms with Gasteiger partial charge in [0.2, 0.25) is 0 Å². The second-order valence-corrected chi connectivity index (χ2v) is 6.37. The zero-order valence-corrected chi connectivity index (χ0v) is 15.3. The van der Waals surface area contributed by atoms with Crippen LogP contribution < -0.4 is 4.90 Å². The molecule has 28 heavy (non-hydrogen) atoms. The highest BCUT2D eigenvalue weighted by molar-refractivity contribution is 6.15. The number of benzene rings is 3. The smallest absolute Gasteiger partial charge is 0.336 e. The number of aromatic carboxylic acids is 1. The van der Waals surface area contributed by atoms with Gasteiger partial charge >= 0.3 is 5.97 Å². The molecule has 0 aliphatic heterocycles. The molecular weight excluding hydrogens is 354 g/mol. The van der Waals surface area contributed by atoms with Gasteiger partial charge in [0.1, 0.15) is 0 Å². The van der Waals surface area contributed by atoms with Crippen molar-refractivity contribution in [2.24, 2.45) is 0 Å². The Labute approximate surface area is 162 Å². The lowest BCUT2D eigenvalue weighted by Gasteiger charge is -2.23. The number of Topliss-reactive ketones (excluding diaryl/α,β-unsaturated/α-hetero) is 1. The topological polar surface area (TPSA) is 74.7 Å². The monoisotopic (exact) mass is 373 g/mol. The summed E-state index contributed by atoms with van der Waals surface area (Å²) in [5.41, 5.74) is 1.96. The minimum atomic E-state index is -1.19. The van der Waals surface area contributed by atoms with Gasteiger partial charge in [-0.25, -0.2) is 4.79 Å². The summed E-state index contributed by atoms with van der Waals surface area (Å²) in [6.07, 6.45) is 0. The van der Waals surface area contributed by atoms with Crippen LogP contribution in [0.4, 0.5) is 5.69 Å². The van der Waals surface area contributed by atoms with Crippen molar-refractivity contribution >= 4 is 23.3 Å². The van der Waals surface area contributed by atoms with Crippen LogP contribution in [0.25, 0.3) is 0 Å². The minimum absolute atomic E-state index is 0.0384. The van der Waals surface area contributed by atoms with Gasteiger partial charge in [0, 0.05) is 11.3 Å². The fourth-order valence-electron chi connectivity index (χ4n) is 2.87. The zero-order chi connectivity index (χ0) is 20.1. The number of amides is 1. The van der Waals surface area contributed by atoms with Crippen molar-refractivity contribution in [3.8, 4) is 0 Å². The SMILES string of the molecule is Cc1ccc(N(CC(=O)c2ccccc2)C(=O)c2ccccc2C(=O)O)cc1. The van der Waals surface area contributed by atoms with Gasteiger partial charge in [0.05, 0.1) is 17.7 Å². The number of hydrogen-bond donors (Lipinski definition) is 1. The summed E-state index contributed by atoms with van der Waals surface area (Å²) < 4.78 is 0. The van der Waals surface area contributed by atoms with Crippen LogP contribution in [0.5, 0.6) is 0 Å². The lowest BCUT2D eigenvalue weighted by atomic mass is 10.0. The molecule has 1 N–H and O–H groups in total. The first kappa shape index (κ1) is 19.0. The van der Waals surface area contributed by atoms with Gasteiger partial charge in [0.15, 0.2) is 5.78 Å². The summed E-state index contributed by atoms with van der Waals surface area (Å²) in [6, 6.07) is 21.9. The van der Waals surface area contributed by atoms with Crippen molar-refractivity contribution in [2.75, 3.05) is 11.4 Å². The third-order valence-corrected chi connectivity index (χ3v) is 4.38. The number of rotatable bonds is 6. The maximum atomic E-state index is 13.2. The van der Waals surface area contributed by atoms with Gasteiger partial charge < -0.3 is 10.0 Å². The molecule has 0 saturated heterocycles. The van der Waals surface area contributed by atoms with Crippen LogP contribution in [-0.4, -0.2) is 29.3 Å². The van der Waals surface area contributed by atoms with Crippen LogP contribution in [0.1, 0.15) is 36.6 Å². The Kier molecular flexibility index (Phi) is 5.65. The number of carbonyl (C=O) groups is 3. The largest absolute Gasteiger partial charge is 0.478 e. The molecule has 5 nitrogen and oxygen atoms in total. The molecule has 0 atom stereocenters. The molecule has 0 aliphatic carbocycles. The van der Waals surface area contributed by atoms with Crippen molar-refractivity contribution in [3.05, 3.63) is 101 Å². The van der Waals surface area contributed by atoms with Gasteiger partial charge in [-0.15, -0.1) is 0 Å². The van der Waals surface area contributed by atoms with Crippen LogP contribution in [0.2, 0.25) is 0 Å². The molecule has 0 unspecified atom stereocenters. The zero-order valence-electron chi connectivity index (χ0n) is 15.3. The molecule has 0 saturated carbocycles. The van der Waals surface area contributed by atoms with Crippen LogP contribution in [0.15, 0.2) is 78.9 Å². The number of nitrogens with zero attached hydrogens (tertiary/aromatic N) is 1. The highest BCUT2D eigenvalue weighted by Crippen LogP contribution is 2.21. The standard InChI is InChI=1S/C23H19NO4/c1-16-11-13-18(14-12-16)24(15-21(25)17-7-3-2-4-8-17)22(26)19-9-5-6-10-20(19)23(27)28/h2-14H,15H2,1H3,(H,27,28). The van der Waals surface area contributed by atoms with E-state index in [2.05, 4.69) is 0 Å². The Bertz CT molecular complexity index is 1010. The van der Waals surface area contributed by atoms with Gasteiger partial charge in [-0.2, -0.15) is 0 Å². The number of carboxylic acid groups (broad SMARTS) is 1. The maximum Gasteiger partial charge on any atom is 0.336 e. The molecule has 0 aliphatic rings. The van der Waals surface area contributed by atoms with Crippen molar-refractivity contribution in [3.63, 3.8) is 0 Å². The van der Waals surface area contributed by atoms with Crippen LogP contribution in [0.3, 0.4) is 0 Å². The van der Waals surface area contributed by atoms with Crippen molar-refractivity contribution in [2.45, 2.75) is 6.92 Å². The molecule has 3 aromatic carbocycles. The first-order chi connectivity index (χ1) is 13.5. The lowest BCUT2D eigenvalue weighted by Crippen LogP contribution is -2.36. The molecule has 3 rings (SSSR count). The summed E-state index contributed by atoms with van der Waals surface area (Å²) in [7, 11) is 0. The molecular formula is C23H19NO4. The Morgan fingerprint density at radius 3 is 1.96 bits per heavy atom. The molecule has 0 spiro atoms. The minimum Gasteiger partial charge on any atom is -0.478 e. The molecule has 0 radical (unpaired) electrons. The number of anilines is 1. The first-order valence-electron chi connectivity index (χ1n) is 8.76. The quantitative estimate of drug-likeness (QED) is 0.657. The molecule has 0 heterocycles. The van der Waals surface area contributed by atoms with Gasteiger partial charge in [-0.1, -0.05) is 60.2 Å². The van der Waals surface area contributed by atoms with E-state index in [9.17, 15) is 19.5 Å². The summed E-state index contributed by atoms with van der Waals surface area (Å²) in [4.78, 5) is 38.8. The highest BCUT2D eigenvalue weighted by Gasteiger charge is 2.25. The average Bonchev–Trinajstić information content (AvgIpc) is 2.72. The second kappa shape index (κ2) is 8.31. The third-order valence-electron chi connectivity index (χ3n) is 4.38. The molecule has 0 aromatic heterocycles. The number of aryl methyl sites for hydroxylation is 1. The Balaban J connectivity index is 2.01. The van der Waals surface area contributed by atoms with Crippen molar-refractivity contribution < 1.29 is 19.5 Å². The van der Waals surface area contributed by atoms with E-state index in [1.54, 1.807) is 48.5 Å². The molecule has 0 fully saturated rings. The van der Waals surface area contributed by atoms with E-state index in [0.29, 0.717) is 11.3 Å². The number of carboxylic acids is 1. The predicted octanol–water partition coefficient (Wildman–Crippen LogP) is 4.22. The number of ketones is 1. The maximum absolute atomic E-state index is 13.2. The first-order valence-corrected chi connectivity index (χ1v) is 8.76. The van der Waals surface area contributed by atoms with E-state index < -0.39 is 11.9 Å². The van der Waals surface area contributed by atoms with E-state index >= 15 is 0 Å². The fraction of sp³-hybridized carbons (Fsp3) is 0.0870. The summed E-state index contributed by atoms with van der Waals surface area (Å²) in [5, 5.41) is 9.43. The van der Waals surface area contributed by atoms with E-state index in [4.69, 9.17) is 0 Å².